The van der Waals surface area contributed by atoms with E-state index in [4.69, 9.17) is 9.47 Å². The summed E-state index contributed by atoms with van der Waals surface area (Å²) in [6.07, 6.45) is 3.84. The molecule has 0 saturated carbocycles. The van der Waals surface area contributed by atoms with Gasteiger partial charge in [0.2, 0.25) is 0 Å². The zero-order valence-corrected chi connectivity index (χ0v) is 19.4. The van der Waals surface area contributed by atoms with E-state index in [1.807, 2.05) is 6.07 Å². The van der Waals surface area contributed by atoms with E-state index in [1.165, 1.54) is 24.1 Å². The molecule has 172 valence electrons. The summed E-state index contributed by atoms with van der Waals surface area (Å²) in [5.41, 5.74) is 2.08. The molecule has 0 N–H and O–H groups in total. The van der Waals surface area contributed by atoms with Gasteiger partial charge in [0.1, 0.15) is 6.61 Å². The van der Waals surface area contributed by atoms with Gasteiger partial charge in [-0.25, -0.2) is 0 Å². The zero-order valence-electron chi connectivity index (χ0n) is 18.6. The van der Waals surface area contributed by atoms with Crippen LogP contribution in [0.3, 0.4) is 0 Å². The topological polar surface area (TPSA) is 99.0 Å². The molecule has 1 aliphatic heterocycles. The van der Waals surface area contributed by atoms with Gasteiger partial charge in [0.15, 0.2) is 11.5 Å². The van der Waals surface area contributed by atoms with Crippen molar-refractivity contribution in [2.24, 2.45) is 0 Å². The molecule has 1 aliphatic rings. The van der Waals surface area contributed by atoms with Crippen LogP contribution in [-0.4, -0.2) is 34.1 Å². The highest BCUT2D eigenvalue weighted by Crippen LogP contribution is 2.38. The summed E-state index contributed by atoms with van der Waals surface area (Å²) in [5, 5.41) is 10.7. The Morgan fingerprint density at radius 1 is 1.24 bits per heavy atom. The summed E-state index contributed by atoms with van der Waals surface area (Å²) in [4.78, 5) is 37.0. The van der Waals surface area contributed by atoms with E-state index in [-0.39, 0.29) is 29.5 Å². The maximum absolute atomic E-state index is 12.6. The lowest BCUT2D eigenvalue weighted by atomic mass is 10.0. The number of allylic oxidation sites excluding steroid dienone is 1. The normalized spacial score (nSPS) is 14.8. The Morgan fingerprint density at radius 3 is 2.61 bits per heavy atom. The molecule has 2 aromatic carbocycles. The van der Waals surface area contributed by atoms with Gasteiger partial charge in [0.25, 0.3) is 16.8 Å². The average Bonchev–Trinajstić information content (AvgIpc) is 3.05. The van der Waals surface area contributed by atoms with Crippen LogP contribution in [0.25, 0.3) is 6.08 Å². The van der Waals surface area contributed by atoms with E-state index in [0.717, 1.165) is 17.3 Å². The lowest BCUT2D eigenvalue weighted by Gasteiger charge is -2.17. The number of carbonyl (C=O) groups excluding carboxylic acids is 2. The number of non-ortho nitro benzene ring substituents is 1. The summed E-state index contributed by atoms with van der Waals surface area (Å²) in [5.74, 6) is 0.598. The molecule has 9 heteroatoms. The maximum Gasteiger partial charge on any atom is 0.293 e. The molecular formula is C24H24N2O6S. The van der Waals surface area contributed by atoms with Crippen molar-refractivity contribution in [1.29, 1.82) is 0 Å². The summed E-state index contributed by atoms with van der Waals surface area (Å²) in [6.45, 7) is 7.48. The first-order valence-electron chi connectivity index (χ1n) is 10.2. The van der Waals surface area contributed by atoms with Gasteiger partial charge in [0, 0.05) is 23.7 Å². The van der Waals surface area contributed by atoms with E-state index in [1.54, 1.807) is 44.2 Å². The third-order valence-electron chi connectivity index (χ3n) is 4.88. The SMILES string of the molecule is C=CCc1cc(/C=C2/SC(=O)N(C(C)C)C2=O)cc(OC)c1OCc1cccc([N+](=O)[O-])c1. The molecule has 0 radical (unpaired) electrons. The minimum atomic E-state index is -0.455. The number of rotatable bonds is 9. The maximum atomic E-state index is 12.6. The van der Waals surface area contributed by atoms with E-state index in [9.17, 15) is 19.7 Å². The fraction of sp³-hybridized carbons (Fsp3) is 0.250. The van der Waals surface area contributed by atoms with Gasteiger partial charge in [0.05, 0.1) is 16.9 Å². The predicted octanol–water partition coefficient (Wildman–Crippen LogP) is 5.36. The standard InChI is InChI=1S/C24H24N2O6S/c1-5-7-18-10-17(13-21-23(27)25(15(2)3)24(28)33-21)12-20(31-4)22(18)32-14-16-8-6-9-19(11-16)26(29)30/h5-6,8-13,15H,1,7,14H2,2-4H3/b21-13+. The lowest BCUT2D eigenvalue weighted by molar-refractivity contribution is -0.384. The molecule has 2 aromatic rings. The Balaban J connectivity index is 1.92. The summed E-state index contributed by atoms with van der Waals surface area (Å²) >= 11 is 0.904. The van der Waals surface area contributed by atoms with Gasteiger partial charge in [-0.3, -0.25) is 24.6 Å². The summed E-state index contributed by atoms with van der Waals surface area (Å²) in [6, 6.07) is 9.56. The molecule has 0 atom stereocenters. The second-order valence-electron chi connectivity index (χ2n) is 7.57. The lowest BCUT2D eigenvalue weighted by Crippen LogP contribution is -2.34. The molecule has 3 rings (SSSR count). The van der Waals surface area contributed by atoms with Crippen LogP contribution in [0.4, 0.5) is 10.5 Å². The number of ether oxygens (including phenoxy) is 2. The summed E-state index contributed by atoms with van der Waals surface area (Å²) < 4.78 is 11.5. The van der Waals surface area contributed by atoms with E-state index in [2.05, 4.69) is 6.58 Å². The van der Waals surface area contributed by atoms with Crippen LogP contribution in [0, 0.1) is 10.1 Å². The first-order valence-corrected chi connectivity index (χ1v) is 11.0. The van der Waals surface area contributed by atoms with Crippen molar-refractivity contribution in [2.45, 2.75) is 32.9 Å². The number of hydrogen-bond donors (Lipinski definition) is 0. The third kappa shape index (κ3) is 5.43. The number of nitrogens with zero attached hydrogens (tertiary/aromatic N) is 2. The van der Waals surface area contributed by atoms with Crippen LogP contribution in [0.2, 0.25) is 0 Å². The van der Waals surface area contributed by atoms with Crippen LogP contribution in [-0.2, 0) is 17.8 Å². The Labute approximate surface area is 196 Å². The van der Waals surface area contributed by atoms with Crippen LogP contribution >= 0.6 is 11.8 Å². The Bertz CT molecular complexity index is 1140. The second-order valence-corrected chi connectivity index (χ2v) is 8.56. The number of nitro benzene ring substituents is 1. The first-order chi connectivity index (χ1) is 15.7. The molecule has 0 bridgehead atoms. The smallest absolute Gasteiger partial charge is 0.293 e. The molecule has 33 heavy (non-hydrogen) atoms. The fourth-order valence-corrected chi connectivity index (χ4v) is 4.34. The molecule has 1 heterocycles. The first kappa shape index (κ1) is 24.1. The van der Waals surface area contributed by atoms with Crippen LogP contribution in [0.5, 0.6) is 11.5 Å². The minimum absolute atomic E-state index is 0.0138. The average molecular weight is 469 g/mol. The number of nitro groups is 1. The van der Waals surface area contributed by atoms with Gasteiger partial charge in [-0.15, -0.1) is 6.58 Å². The third-order valence-corrected chi connectivity index (χ3v) is 5.76. The highest BCUT2D eigenvalue weighted by molar-refractivity contribution is 8.18. The minimum Gasteiger partial charge on any atom is -0.493 e. The highest BCUT2D eigenvalue weighted by Gasteiger charge is 2.36. The van der Waals surface area contributed by atoms with Gasteiger partial charge < -0.3 is 9.47 Å². The predicted molar refractivity (Wildman–Crippen MR) is 127 cm³/mol. The van der Waals surface area contributed by atoms with Gasteiger partial charge in [-0.1, -0.05) is 18.2 Å². The molecule has 0 unspecified atom stereocenters. The summed E-state index contributed by atoms with van der Waals surface area (Å²) in [7, 11) is 1.50. The Morgan fingerprint density at radius 2 is 2.00 bits per heavy atom. The largest absolute Gasteiger partial charge is 0.493 e. The second kappa shape index (κ2) is 10.4. The molecular weight excluding hydrogens is 444 g/mol. The molecule has 8 nitrogen and oxygen atoms in total. The van der Waals surface area contributed by atoms with E-state index >= 15 is 0 Å². The van der Waals surface area contributed by atoms with Crippen LogP contribution in [0.1, 0.15) is 30.5 Å². The number of thioether (sulfide) groups is 1. The van der Waals surface area contributed by atoms with Gasteiger partial charge in [-0.2, -0.15) is 0 Å². The number of hydrogen-bond acceptors (Lipinski definition) is 7. The van der Waals surface area contributed by atoms with Crippen molar-refractivity contribution in [1.82, 2.24) is 4.90 Å². The molecule has 1 fully saturated rings. The van der Waals surface area contributed by atoms with Crippen molar-refractivity contribution in [3.8, 4) is 11.5 Å². The number of methoxy groups -OCH3 is 1. The highest BCUT2D eigenvalue weighted by atomic mass is 32.2. The van der Waals surface area contributed by atoms with Crippen LogP contribution in [0.15, 0.2) is 54.0 Å². The number of benzene rings is 2. The Kier molecular flexibility index (Phi) is 7.55. The van der Waals surface area contributed by atoms with Crippen LogP contribution < -0.4 is 9.47 Å². The van der Waals surface area contributed by atoms with Crippen molar-refractivity contribution in [3.05, 3.63) is 80.8 Å². The van der Waals surface area contributed by atoms with Crippen molar-refractivity contribution in [2.75, 3.05) is 7.11 Å². The number of imide groups is 1. The van der Waals surface area contributed by atoms with Crippen molar-refractivity contribution >= 4 is 34.7 Å². The fourth-order valence-electron chi connectivity index (χ4n) is 3.38. The quantitative estimate of drug-likeness (QED) is 0.211. The van der Waals surface area contributed by atoms with E-state index in [0.29, 0.717) is 34.0 Å². The van der Waals surface area contributed by atoms with E-state index < -0.39 is 4.92 Å². The molecule has 0 spiro atoms. The Hall–Kier alpha value is -3.59. The molecule has 1 saturated heterocycles. The van der Waals surface area contributed by atoms with Crippen molar-refractivity contribution < 1.29 is 24.0 Å². The molecule has 0 aliphatic carbocycles. The van der Waals surface area contributed by atoms with Gasteiger partial charge in [-0.05, 0) is 61.4 Å². The monoisotopic (exact) mass is 468 g/mol. The zero-order chi connectivity index (χ0) is 24.1. The van der Waals surface area contributed by atoms with Gasteiger partial charge >= 0.3 is 0 Å². The molecule has 0 aromatic heterocycles. The number of amides is 2. The van der Waals surface area contributed by atoms with Crippen molar-refractivity contribution in [3.63, 3.8) is 0 Å². The molecule has 2 amide bonds. The number of carbonyl (C=O) groups is 2.